The van der Waals surface area contributed by atoms with Gasteiger partial charge < -0.3 is 9.80 Å². The maximum Gasteiger partial charge on any atom is 0.271 e. The van der Waals surface area contributed by atoms with Gasteiger partial charge in [0.2, 0.25) is 0 Å². The van der Waals surface area contributed by atoms with Gasteiger partial charge >= 0.3 is 0 Å². The topological polar surface area (TPSA) is 40.6 Å². The predicted octanol–water partition coefficient (Wildman–Crippen LogP) is 3.73. The minimum atomic E-state index is -1.54. The van der Waals surface area contributed by atoms with Gasteiger partial charge in [0.1, 0.15) is 5.03 Å². The first-order valence-corrected chi connectivity index (χ1v) is 9.46. The van der Waals surface area contributed by atoms with Crippen molar-refractivity contribution in [3.63, 3.8) is 0 Å². The Bertz CT molecular complexity index is 854. The molecule has 0 bridgehead atoms. The van der Waals surface area contributed by atoms with Gasteiger partial charge in [0.15, 0.2) is 0 Å². The Labute approximate surface area is 167 Å². The number of halogens is 2. The number of para-hydroxylation sites is 1. The van der Waals surface area contributed by atoms with Crippen molar-refractivity contribution in [2.75, 3.05) is 32.1 Å². The van der Waals surface area contributed by atoms with Crippen molar-refractivity contribution in [2.45, 2.75) is 4.90 Å². The van der Waals surface area contributed by atoms with Crippen molar-refractivity contribution in [2.24, 2.45) is 0 Å². The molecular weight excluding hydrogens is 391 g/mol. The van der Waals surface area contributed by atoms with Crippen LogP contribution in [0.3, 0.4) is 0 Å². The van der Waals surface area contributed by atoms with Gasteiger partial charge in [-0.3, -0.25) is 4.79 Å². The van der Waals surface area contributed by atoms with Crippen molar-refractivity contribution in [1.29, 1.82) is 0 Å². The van der Waals surface area contributed by atoms with Crippen molar-refractivity contribution in [3.05, 3.63) is 65.2 Å². The van der Waals surface area contributed by atoms with Crippen LogP contribution in [-0.4, -0.2) is 42.2 Å². The van der Waals surface area contributed by atoms with Crippen LogP contribution >= 0.6 is 24.0 Å². The zero-order valence-electron chi connectivity index (χ0n) is 14.5. The molecule has 3 rings (SSSR count). The molecule has 1 unspecified atom stereocenters. The summed E-state index contributed by atoms with van der Waals surface area (Å²) in [5.41, 5.74) is 1.35. The van der Waals surface area contributed by atoms with E-state index >= 15 is 0 Å². The number of benzene rings is 2. The zero-order chi connectivity index (χ0) is 18.0. The predicted molar refractivity (Wildman–Crippen MR) is 110 cm³/mol. The molecule has 1 atom stereocenters. The number of likely N-dealkylation sites (N-methyl/N-ethyl adjacent to an activating group) is 1. The van der Waals surface area contributed by atoms with Crippen LogP contribution in [0.5, 0.6) is 0 Å². The highest BCUT2D eigenvalue weighted by atomic mass is 35.5. The number of hydrogen-bond acceptors (Lipinski definition) is 3. The lowest BCUT2D eigenvalue weighted by Gasteiger charge is -2.24. The SMILES string of the molecule is CN(C)CCN1C(=O)C(Cl)=C(c2ccccc2)S(=O)c2ccccc21.Cl. The van der Waals surface area contributed by atoms with E-state index in [1.165, 1.54) is 0 Å². The maximum absolute atomic E-state index is 13.3. The molecule has 4 nitrogen and oxygen atoms in total. The monoisotopic (exact) mass is 410 g/mol. The number of carbonyl (C=O) groups is 1. The Hall–Kier alpha value is -1.66. The fourth-order valence-corrected chi connectivity index (χ4v) is 4.51. The lowest BCUT2D eigenvalue weighted by Crippen LogP contribution is -2.36. The molecule has 7 heteroatoms. The molecule has 2 aromatic carbocycles. The van der Waals surface area contributed by atoms with Crippen LogP contribution in [0, 0.1) is 0 Å². The minimum absolute atomic E-state index is 0. The fourth-order valence-electron chi connectivity index (χ4n) is 2.70. The first-order chi connectivity index (χ1) is 12.0. The standard InChI is InChI=1S/C19H19ClN2O2S.ClH/c1-21(2)12-13-22-15-10-6-7-11-16(15)25(24)18(17(20)19(22)23)14-8-4-3-5-9-14;/h3-11H,12-13H2,1-2H3;1H. The summed E-state index contributed by atoms with van der Waals surface area (Å²) >= 11 is 6.45. The number of anilines is 1. The van der Waals surface area contributed by atoms with E-state index in [1.807, 2.05) is 67.5 Å². The van der Waals surface area contributed by atoms with Gasteiger partial charge in [-0.25, -0.2) is 4.21 Å². The Balaban J connectivity index is 0.00000243. The summed E-state index contributed by atoms with van der Waals surface area (Å²) in [6.07, 6.45) is 0. The lowest BCUT2D eigenvalue weighted by atomic mass is 10.2. The third-order valence-electron chi connectivity index (χ3n) is 3.98. The number of nitrogens with zero attached hydrogens (tertiary/aromatic N) is 2. The quantitative estimate of drug-likeness (QED) is 0.770. The van der Waals surface area contributed by atoms with Gasteiger partial charge in [-0.15, -0.1) is 12.4 Å². The van der Waals surface area contributed by atoms with Crippen LogP contribution in [0.15, 0.2) is 64.5 Å². The molecule has 1 amide bonds. The molecule has 0 fully saturated rings. The molecule has 138 valence electrons. The summed E-state index contributed by atoms with van der Waals surface area (Å²) in [6.45, 7) is 1.15. The molecule has 2 aromatic rings. The smallest absolute Gasteiger partial charge is 0.271 e. The zero-order valence-corrected chi connectivity index (χ0v) is 16.9. The van der Waals surface area contributed by atoms with E-state index in [4.69, 9.17) is 11.6 Å². The van der Waals surface area contributed by atoms with E-state index in [0.717, 1.165) is 0 Å². The summed E-state index contributed by atoms with van der Waals surface area (Å²) in [6, 6.07) is 16.5. The van der Waals surface area contributed by atoms with E-state index < -0.39 is 10.8 Å². The van der Waals surface area contributed by atoms with Crippen molar-refractivity contribution < 1.29 is 9.00 Å². The molecule has 0 aromatic heterocycles. The van der Waals surface area contributed by atoms with E-state index in [2.05, 4.69) is 0 Å². The second kappa shape index (κ2) is 8.82. The van der Waals surface area contributed by atoms with Crippen molar-refractivity contribution in [1.82, 2.24) is 4.90 Å². The molecule has 0 saturated carbocycles. The highest BCUT2D eigenvalue weighted by Gasteiger charge is 2.32. The van der Waals surface area contributed by atoms with E-state index in [0.29, 0.717) is 34.1 Å². The average Bonchev–Trinajstić information content (AvgIpc) is 2.69. The fraction of sp³-hybridized carbons (Fsp3) is 0.211. The van der Waals surface area contributed by atoms with Gasteiger partial charge in [-0.05, 0) is 31.8 Å². The van der Waals surface area contributed by atoms with Crippen molar-refractivity contribution in [3.8, 4) is 0 Å². The molecule has 26 heavy (non-hydrogen) atoms. The first kappa shape index (κ1) is 20.6. The number of rotatable bonds is 4. The number of carbonyl (C=O) groups excluding carboxylic acids is 1. The molecular formula is C19H20Cl2N2O2S. The minimum Gasteiger partial charge on any atom is -0.308 e. The third kappa shape index (κ3) is 4.01. The van der Waals surface area contributed by atoms with Gasteiger partial charge in [-0.1, -0.05) is 54.1 Å². The van der Waals surface area contributed by atoms with E-state index in [9.17, 15) is 9.00 Å². The van der Waals surface area contributed by atoms with Gasteiger partial charge in [0, 0.05) is 13.1 Å². The molecule has 1 aliphatic rings. The first-order valence-electron chi connectivity index (χ1n) is 7.93. The molecule has 0 radical (unpaired) electrons. The normalized spacial score (nSPS) is 17.0. The largest absolute Gasteiger partial charge is 0.308 e. The maximum atomic E-state index is 13.3. The number of amides is 1. The van der Waals surface area contributed by atoms with E-state index in [-0.39, 0.29) is 23.3 Å². The number of fused-ring (bicyclic) bond motifs is 1. The Morgan fingerprint density at radius 1 is 1.04 bits per heavy atom. The van der Waals surface area contributed by atoms with Crippen LogP contribution in [0.4, 0.5) is 5.69 Å². The third-order valence-corrected chi connectivity index (χ3v) is 6.00. The molecule has 1 aliphatic heterocycles. The van der Waals surface area contributed by atoms with Gasteiger partial charge in [0.05, 0.1) is 26.3 Å². The number of hydrogen-bond donors (Lipinski definition) is 0. The van der Waals surface area contributed by atoms with E-state index in [1.54, 1.807) is 11.0 Å². The summed E-state index contributed by atoms with van der Waals surface area (Å²) in [5.74, 6) is -0.319. The van der Waals surface area contributed by atoms with Crippen LogP contribution in [0.25, 0.3) is 4.91 Å². The molecule has 0 aliphatic carbocycles. The average molecular weight is 411 g/mol. The summed E-state index contributed by atoms with van der Waals surface area (Å²) < 4.78 is 13.3. The van der Waals surface area contributed by atoms with Crippen LogP contribution in [0.1, 0.15) is 5.56 Å². The Kier molecular flexibility index (Phi) is 7.01. The molecule has 0 saturated heterocycles. The summed E-state index contributed by atoms with van der Waals surface area (Å²) in [7, 11) is 2.35. The van der Waals surface area contributed by atoms with Crippen molar-refractivity contribution >= 4 is 51.3 Å². The second-order valence-electron chi connectivity index (χ2n) is 6.01. The Morgan fingerprint density at radius 3 is 2.31 bits per heavy atom. The molecule has 1 heterocycles. The van der Waals surface area contributed by atoms with Gasteiger partial charge in [0.25, 0.3) is 5.91 Å². The molecule has 0 spiro atoms. The summed E-state index contributed by atoms with van der Waals surface area (Å²) in [4.78, 5) is 17.6. The highest BCUT2D eigenvalue weighted by Crippen LogP contribution is 2.38. The molecule has 0 N–H and O–H groups in total. The lowest BCUT2D eigenvalue weighted by molar-refractivity contribution is -0.114. The summed E-state index contributed by atoms with van der Waals surface area (Å²) in [5, 5.41) is 0.0134. The second-order valence-corrected chi connectivity index (χ2v) is 7.77. The van der Waals surface area contributed by atoms with Crippen LogP contribution in [-0.2, 0) is 15.6 Å². The van der Waals surface area contributed by atoms with Gasteiger partial charge in [-0.2, -0.15) is 0 Å². The van der Waals surface area contributed by atoms with Crippen LogP contribution < -0.4 is 4.90 Å². The highest BCUT2D eigenvalue weighted by molar-refractivity contribution is 7.95. The Morgan fingerprint density at radius 2 is 1.65 bits per heavy atom. The van der Waals surface area contributed by atoms with Crippen LogP contribution in [0.2, 0.25) is 0 Å².